The van der Waals surface area contributed by atoms with Crippen molar-refractivity contribution in [3.8, 4) is 0 Å². The van der Waals surface area contributed by atoms with E-state index < -0.39 is 0 Å². The number of likely N-dealkylation sites (N-methyl/N-ethyl adjacent to an activating group) is 1. The number of rotatable bonds is 2. The molecule has 3 N–H and O–H groups in total. The molecule has 0 aromatic heterocycles. The highest BCUT2D eigenvalue weighted by Crippen LogP contribution is 2.14. The molecule has 1 fully saturated rings. The van der Waals surface area contributed by atoms with E-state index in [0.29, 0.717) is 11.3 Å². The van der Waals surface area contributed by atoms with Gasteiger partial charge < -0.3 is 16.0 Å². The first-order valence-electron chi connectivity index (χ1n) is 5.92. The van der Waals surface area contributed by atoms with Gasteiger partial charge in [0.05, 0.1) is 0 Å². The Balaban J connectivity index is 2.02. The van der Waals surface area contributed by atoms with Crippen LogP contribution in [0.5, 0.6) is 0 Å². The third-order valence-corrected chi connectivity index (χ3v) is 3.27. The molecule has 0 saturated carbocycles. The summed E-state index contributed by atoms with van der Waals surface area (Å²) in [5, 5.41) is 3.04. The molecular formula is C13H19N3O. The van der Waals surface area contributed by atoms with Gasteiger partial charge in [0.25, 0.3) is 5.91 Å². The Morgan fingerprint density at radius 3 is 2.88 bits per heavy atom. The van der Waals surface area contributed by atoms with Crippen LogP contribution < -0.4 is 11.1 Å². The fraction of sp³-hybridized carbons (Fsp3) is 0.462. The predicted molar refractivity (Wildman–Crippen MR) is 69.0 cm³/mol. The molecule has 92 valence electrons. The molecule has 1 amide bonds. The number of anilines is 1. The Labute approximate surface area is 102 Å². The Morgan fingerprint density at radius 2 is 2.29 bits per heavy atom. The van der Waals surface area contributed by atoms with Gasteiger partial charge in [0, 0.05) is 23.8 Å². The molecular weight excluding hydrogens is 214 g/mol. The van der Waals surface area contributed by atoms with Crippen molar-refractivity contribution in [2.24, 2.45) is 0 Å². The topological polar surface area (TPSA) is 58.4 Å². The molecule has 1 atom stereocenters. The van der Waals surface area contributed by atoms with E-state index in [9.17, 15) is 4.79 Å². The van der Waals surface area contributed by atoms with E-state index in [4.69, 9.17) is 5.73 Å². The van der Waals surface area contributed by atoms with Gasteiger partial charge in [-0.15, -0.1) is 0 Å². The fourth-order valence-electron chi connectivity index (χ4n) is 2.10. The van der Waals surface area contributed by atoms with E-state index in [2.05, 4.69) is 17.3 Å². The third-order valence-electron chi connectivity index (χ3n) is 3.27. The van der Waals surface area contributed by atoms with E-state index in [1.165, 1.54) is 0 Å². The molecule has 2 rings (SSSR count). The number of nitrogen functional groups attached to an aromatic ring is 1. The molecule has 1 saturated heterocycles. The predicted octanol–water partition coefficient (Wildman–Crippen LogP) is 1.01. The molecule has 4 heteroatoms. The number of nitrogens with two attached hydrogens (primary N) is 1. The van der Waals surface area contributed by atoms with Crippen molar-refractivity contribution in [2.45, 2.75) is 19.4 Å². The number of nitrogens with zero attached hydrogens (tertiary/aromatic N) is 1. The van der Waals surface area contributed by atoms with Crippen LogP contribution in [0.25, 0.3) is 0 Å². The van der Waals surface area contributed by atoms with Gasteiger partial charge >= 0.3 is 0 Å². The number of hydrogen-bond donors (Lipinski definition) is 2. The summed E-state index contributed by atoms with van der Waals surface area (Å²) in [7, 11) is 2.07. The van der Waals surface area contributed by atoms with Crippen molar-refractivity contribution in [2.75, 3.05) is 25.9 Å². The van der Waals surface area contributed by atoms with Gasteiger partial charge in [-0.2, -0.15) is 0 Å². The van der Waals surface area contributed by atoms with E-state index in [1.807, 2.05) is 19.1 Å². The summed E-state index contributed by atoms with van der Waals surface area (Å²) in [5.41, 5.74) is 8.11. The van der Waals surface area contributed by atoms with Gasteiger partial charge in [0.15, 0.2) is 0 Å². The van der Waals surface area contributed by atoms with Crippen molar-refractivity contribution in [3.05, 3.63) is 29.3 Å². The Hall–Kier alpha value is -1.55. The van der Waals surface area contributed by atoms with Crippen LogP contribution in [-0.2, 0) is 0 Å². The maximum absolute atomic E-state index is 12.0. The van der Waals surface area contributed by atoms with Crippen molar-refractivity contribution in [1.29, 1.82) is 0 Å². The Morgan fingerprint density at radius 1 is 1.53 bits per heavy atom. The van der Waals surface area contributed by atoms with Crippen LogP contribution in [0.15, 0.2) is 18.2 Å². The summed E-state index contributed by atoms with van der Waals surface area (Å²) in [5.74, 6) is -0.0306. The average molecular weight is 233 g/mol. The number of carbonyl (C=O) groups excluding carboxylic acids is 1. The summed E-state index contributed by atoms with van der Waals surface area (Å²) in [6.45, 7) is 3.90. The fourth-order valence-corrected chi connectivity index (χ4v) is 2.10. The highest BCUT2D eigenvalue weighted by atomic mass is 16.1. The monoisotopic (exact) mass is 233 g/mol. The lowest BCUT2D eigenvalue weighted by molar-refractivity contribution is 0.0938. The van der Waals surface area contributed by atoms with Crippen molar-refractivity contribution in [1.82, 2.24) is 10.2 Å². The molecule has 1 aromatic rings. The van der Waals surface area contributed by atoms with Crippen LogP contribution in [-0.4, -0.2) is 37.0 Å². The first-order chi connectivity index (χ1) is 8.06. The van der Waals surface area contributed by atoms with Crippen LogP contribution >= 0.6 is 0 Å². The number of hydrogen-bond acceptors (Lipinski definition) is 3. The minimum atomic E-state index is -0.0306. The summed E-state index contributed by atoms with van der Waals surface area (Å²) in [6, 6.07) is 5.70. The van der Waals surface area contributed by atoms with Gasteiger partial charge in [-0.3, -0.25) is 4.79 Å². The summed E-state index contributed by atoms with van der Waals surface area (Å²) < 4.78 is 0. The Bertz CT molecular complexity index is 431. The average Bonchev–Trinajstić information content (AvgIpc) is 2.68. The van der Waals surface area contributed by atoms with Gasteiger partial charge in [0.1, 0.15) is 0 Å². The van der Waals surface area contributed by atoms with Crippen molar-refractivity contribution < 1.29 is 4.79 Å². The zero-order valence-corrected chi connectivity index (χ0v) is 10.4. The second-order valence-electron chi connectivity index (χ2n) is 4.79. The summed E-state index contributed by atoms with van der Waals surface area (Å²) in [6.07, 6.45) is 1.02. The minimum absolute atomic E-state index is 0.0306. The SMILES string of the molecule is Cc1ccc(C(=O)N[C@@H]2CCN(C)C2)cc1N. The lowest BCUT2D eigenvalue weighted by Crippen LogP contribution is -2.36. The third kappa shape index (κ3) is 2.77. The van der Waals surface area contributed by atoms with E-state index in [-0.39, 0.29) is 11.9 Å². The maximum Gasteiger partial charge on any atom is 0.251 e. The second kappa shape index (κ2) is 4.75. The number of benzene rings is 1. The zero-order chi connectivity index (χ0) is 12.4. The quantitative estimate of drug-likeness (QED) is 0.750. The van der Waals surface area contributed by atoms with Crippen LogP contribution in [0.3, 0.4) is 0 Å². The van der Waals surface area contributed by atoms with Gasteiger partial charge in [-0.05, 0) is 44.6 Å². The van der Waals surface area contributed by atoms with Gasteiger partial charge in [0.2, 0.25) is 0 Å². The van der Waals surface area contributed by atoms with E-state index >= 15 is 0 Å². The largest absolute Gasteiger partial charge is 0.398 e. The van der Waals surface area contributed by atoms with Crippen molar-refractivity contribution in [3.63, 3.8) is 0 Å². The number of carbonyl (C=O) groups is 1. The van der Waals surface area contributed by atoms with Gasteiger partial charge in [-0.25, -0.2) is 0 Å². The summed E-state index contributed by atoms with van der Waals surface area (Å²) in [4.78, 5) is 14.2. The van der Waals surface area contributed by atoms with Gasteiger partial charge in [-0.1, -0.05) is 6.07 Å². The molecule has 1 aliphatic rings. The molecule has 1 aliphatic heterocycles. The standard InChI is InChI=1S/C13H19N3O/c1-9-3-4-10(7-12(9)14)13(17)15-11-5-6-16(2)8-11/h3-4,7,11H,5-6,8,14H2,1-2H3,(H,15,17)/t11-/m1/s1. The zero-order valence-electron chi connectivity index (χ0n) is 10.4. The van der Waals surface area contributed by atoms with Crippen LogP contribution in [0.4, 0.5) is 5.69 Å². The lowest BCUT2D eigenvalue weighted by Gasteiger charge is -2.13. The number of aryl methyl sites for hydroxylation is 1. The van der Waals surface area contributed by atoms with Crippen LogP contribution in [0, 0.1) is 6.92 Å². The molecule has 0 spiro atoms. The van der Waals surface area contributed by atoms with E-state index in [0.717, 1.165) is 25.1 Å². The van der Waals surface area contributed by atoms with Crippen LogP contribution in [0.2, 0.25) is 0 Å². The first-order valence-corrected chi connectivity index (χ1v) is 5.92. The molecule has 0 radical (unpaired) electrons. The van der Waals surface area contributed by atoms with Crippen LogP contribution in [0.1, 0.15) is 22.3 Å². The lowest BCUT2D eigenvalue weighted by atomic mass is 10.1. The number of amides is 1. The molecule has 1 heterocycles. The molecule has 0 bridgehead atoms. The highest BCUT2D eigenvalue weighted by molar-refractivity contribution is 5.95. The molecule has 1 aromatic carbocycles. The molecule has 4 nitrogen and oxygen atoms in total. The normalized spacial score (nSPS) is 20.5. The Kier molecular flexibility index (Phi) is 3.33. The molecule has 0 aliphatic carbocycles. The first kappa shape index (κ1) is 11.9. The van der Waals surface area contributed by atoms with E-state index in [1.54, 1.807) is 6.07 Å². The highest BCUT2D eigenvalue weighted by Gasteiger charge is 2.21. The number of nitrogens with one attached hydrogen (secondary N) is 1. The van der Waals surface area contributed by atoms with Crippen molar-refractivity contribution >= 4 is 11.6 Å². The molecule has 0 unspecified atom stereocenters. The second-order valence-corrected chi connectivity index (χ2v) is 4.79. The maximum atomic E-state index is 12.0. The summed E-state index contributed by atoms with van der Waals surface area (Å²) >= 11 is 0. The minimum Gasteiger partial charge on any atom is -0.398 e. The number of likely N-dealkylation sites (tertiary alicyclic amines) is 1. The molecule has 17 heavy (non-hydrogen) atoms. The smallest absolute Gasteiger partial charge is 0.251 e.